The van der Waals surface area contributed by atoms with E-state index < -0.39 is 0 Å². The van der Waals surface area contributed by atoms with Crippen LogP contribution in [-0.4, -0.2) is 63.9 Å². The van der Waals surface area contributed by atoms with Crippen LogP contribution < -0.4 is 11.4 Å². The summed E-state index contributed by atoms with van der Waals surface area (Å²) in [5, 5.41) is 26.4. The average molecular weight is 1160 g/mol. The standard InChI is InChI=1S/C20H28BNO3.C14H16BrNO.C8H8BrNO.C8H7BrO.C6H10.H3NO/c1-14-8-9-15(17-13-20(25-22-17)10-6-7-11-20)12-16(14)21-23-18(2,3)19(4,5)24-21;1-10-4-5-11(8-12(10)15)13-9-14(17-16-13)6-2-3-7-14;1-6-2-3-7(5-10-11)4-8(6)9;1-6-2-3-7(5-10)4-8(6)9;1-6-4-2-3-5-6;1-2/h8-9,12H,6-7,10-11,13H2,1-5H3;4-5,8H,2-3,6-7,9H2,1H3;2-5,11H,1H3;2-5H,1H3;1-5H2;2H,1H2/b;;10-5-;;;. The van der Waals surface area contributed by atoms with Crippen LogP contribution in [0.1, 0.15) is 167 Å². The molecule has 6 aliphatic rings. The second kappa shape index (κ2) is 26.3. The van der Waals surface area contributed by atoms with Crippen LogP contribution in [0.5, 0.6) is 0 Å². The van der Waals surface area contributed by atoms with Crippen molar-refractivity contribution in [1.82, 2.24) is 0 Å². The van der Waals surface area contributed by atoms with E-state index in [1.165, 1.54) is 85.4 Å². The van der Waals surface area contributed by atoms with Gasteiger partial charge in [-0.25, -0.2) is 5.90 Å². The van der Waals surface area contributed by atoms with Crippen molar-refractivity contribution in [2.45, 2.75) is 168 Å². The number of hydrogen-bond acceptors (Lipinski definition) is 11. The van der Waals surface area contributed by atoms with Crippen molar-refractivity contribution in [1.29, 1.82) is 0 Å². The number of nitrogens with zero attached hydrogens (tertiary/aromatic N) is 3. The maximum absolute atomic E-state index is 10.2. The maximum Gasteiger partial charge on any atom is 0.495 e. The van der Waals surface area contributed by atoms with E-state index in [2.05, 4.69) is 154 Å². The Hall–Kier alpha value is -3.96. The first-order valence-corrected chi connectivity index (χ1v) is 27.0. The van der Waals surface area contributed by atoms with Gasteiger partial charge in [0.05, 0.1) is 28.8 Å². The predicted molar refractivity (Wildman–Crippen MR) is 299 cm³/mol. The molecular formula is C56H72BBr3N4O7. The predicted octanol–water partition coefficient (Wildman–Crippen LogP) is 14.5. The molecule has 0 radical (unpaired) electrons. The maximum atomic E-state index is 10.2. The summed E-state index contributed by atoms with van der Waals surface area (Å²) in [6, 6.07) is 24.1. The van der Waals surface area contributed by atoms with E-state index in [1.807, 2.05) is 44.2 Å². The summed E-state index contributed by atoms with van der Waals surface area (Å²) in [7, 11) is -0.340. The monoisotopic (exact) mass is 1160 g/mol. The van der Waals surface area contributed by atoms with E-state index in [-0.39, 0.29) is 29.5 Å². The topological polar surface area (TPSA) is 158 Å². The molecule has 3 aliphatic heterocycles. The van der Waals surface area contributed by atoms with Crippen molar-refractivity contribution in [2.24, 2.45) is 21.4 Å². The molecule has 3 saturated carbocycles. The Bertz CT molecular complexity index is 2530. The molecule has 11 nitrogen and oxygen atoms in total. The van der Waals surface area contributed by atoms with Crippen LogP contribution in [0, 0.1) is 27.7 Å². The Labute approximate surface area is 447 Å². The zero-order chi connectivity index (χ0) is 52.0. The third-order valence-corrected chi connectivity index (χ3v) is 16.9. The molecule has 4 fully saturated rings. The van der Waals surface area contributed by atoms with Crippen LogP contribution >= 0.6 is 47.8 Å². The molecule has 4 aromatic carbocycles. The number of nitrogens with two attached hydrogens (primary N) is 1. The molecule has 3 heterocycles. The molecule has 0 unspecified atom stereocenters. The number of allylic oxidation sites excluding steroid dienone is 1. The summed E-state index contributed by atoms with van der Waals surface area (Å²) in [6.07, 6.45) is 19.1. The molecule has 71 heavy (non-hydrogen) atoms. The van der Waals surface area contributed by atoms with Crippen molar-refractivity contribution in [3.63, 3.8) is 0 Å². The Morgan fingerprint density at radius 2 is 1.03 bits per heavy atom. The molecular weight excluding hydrogens is 1090 g/mol. The molecule has 15 heteroatoms. The van der Waals surface area contributed by atoms with Gasteiger partial charge in [0.2, 0.25) is 0 Å². The summed E-state index contributed by atoms with van der Waals surface area (Å²) in [5.74, 6) is 3.50. The van der Waals surface area contributed by atoms with Gasteiger partial charge in [-0.1, -0.05) is 136 Å². The first kappa shape index (κ1) is 57.9. The third kappa shape index (κ3) is 15.8. The van der Waals surface area contributed by atoms with Gasteiger partial charge in [0, 0.05) is 37.4 Å². The molecule has 3 aliphatic carbocycles. The lowest BCUT2D eigenvalue weighted by Crippen LogP contribution is -2.41. The van der Waals surface area contributed by atoms with Crippen molar-refractivity contribution in [3.05, 3.63) is 143 Å². The fourth-order valence-electron chi connectivity index (χ4n) is 9.06. The third-order valence-electron chi connectivity index (χ3n) is 14.4. The van der Waals surface area contributed by atoms with Gasteiger partial charge in [-0.05, 0) is 184 Å². The molecule has 10 rings (SSSR count). The summed E-state index contributed by atoms with van der Waals surface area (Å²) < 4.78 is 15.6. The first-order chi connectivity index (χ1) is 33.8. The number of aldehydes is 1. The summed E-state index contributed by atoms with van der Waals surface area (Å²) in [4.78, 5) is 21.8. The van der Waals surface area contributed by atoms with Crippen molar-refractivity contribution in [3.8, 4) is 0 Å². The number of benzene rings is 4. The minimum atomic E-state index is -0.340. The number of rotatable bonds is 5. The summed E-state index contributed by atoms with van der Waals surface area (Å²) in [5.41, 5.74) is 12.7. The molecule has 0 amide bonds. The zero-order valence-corrected chi connectivity index (χ0v) is 47.5. The van der Waals surface area contributed by atoms with E-state index in [4.69, 9.17) is 29.4 Å². The fourth-order valence-corrected chi connectivity index (χ4v) is 10.2. The number of halogens is 3. The number of oxime groups is 3. The highest BCUT2D eigenvalue weighted by Crippen LogP contribution is 2.43. The number of hydrogen-bond donors (Lipinski definition) is 3. The van der Waals surface area contributed by atoms with Gasteiger partial charge in [0.15, 0.2) is 0 Å². The highest BCUT2D eigenvalue weighted by Gasteiger charge is 2.52. The van der Waals surface area contributed by atoms with Gasteiger partial charge in [-0.2, -0.15) is 0 Å². The highest BCUT2D eigenvalue weighted by molar-refractivity contribution is 9.11. The van der Waals surface area contributed by atoms with Crippen molar-refractivity contribution < 1.29 is 34.2 Å². The summed E-state index contributed by atoms with van der Waals surface area (Å²) in [6.45, 7) is 20.4. The van der Waals surface area contributed by atoms with Crippen LogP contribution in [0.15, 0.2) is 114 Å². The average Bonchev–Trinajstić information content (AvgIpc) is 4.24. The Morgan fingerprint density at radius 1 is 0.620 bits per heavy atom. The molecule has 0 bridgehead atoms. The fraction of sp³-hybridized carbons (Fsp3) is 0.464. The summed E-state index contributed by atoms with van der Waals surface area (Å²) >= 11 is 10.3. The normalized spacial score (nSPS) is 19.3. The first-order valence-electron chi connectivity index (χ1n) is 24.6. The van der Waals surface area contributed by atoms with E-state index in [0.29, 0.717) is 5.56 Å². The lowest BCUT2D eigenvalue weighted by Gasteiger charge is -2.32. The van der Waals surface area contributed by atoms with Gasteiger partial charge in [-0.15, -0.1) is 0 Å². The molecule has 4 aromatic rings. The Balaban J connectivity index is 0.000000177. The number of carbonyl (C=O) groups excluding carboxylic acids is 1. The highest BCUT2D eigenvalue weighted by atomic mass is 79.9. The van der Waals surface area contributed by atoms with Crippen LogP contribution in [0.4, 0.5) is 0 Å². The SMILES string of the molecule is C=C1CCCC1.Cc1ccc(/C=N\O)cc1Br.Cc1ccc(C2=NOC3(CCCC3)C2)cc1B1OC(C)(C)C(C)(C)O1.Cc1ccc(C2=NOC3(CCCC3)C2)cc1Br.Cc1ccc(C=O)cc1Br.NO. The van der Waals surface area contributed by atoms with Gasteiger partial charge < -0.3 is 29.4 Å². The lowest BCUT2D eigenvalue weighted by molar-refractivity contribution is -0.0128. The van der Waals surface area contributed by atoms with Crippen LogP contribution in [-0.2, 0) is 19.0 Å². The van der Waals surface area contributed by atoms with E-state index in [1.54, 1.807) is 6.07 Å². The van der Waals surface area contributed by atoms with Gasteiger partial charge >= 0.3 is 7.12 Å². The Kier molecular flexibility index (Phi) is 21.5. The number of carbonyl (C=O) groups is 1. The van der Waals surface area contributed by atoms with Crippen LogP contribution in [0.2, 0.25) is 0 Å². The van der Waals surface area contributed by atoms with E-state index in [0.717, 1.165) is 91.8 Å². The van der Waals surface area contributed by atoms with Gasteiger partial charge in [-0.3, -0.25) is 4.79 Å². The molecule has 0 aromatic heterocycles. The lowest BCUT2D eigenvalue weighted by atomic mass is 9.75. The molecule has 0 atom stereocenters. The molecule has 4 N–H and O–H groups in total. The quantitative estimate of drug-likeness (QED) is 0.0445. The molecule has 382 valence electrons. The van der Waals surface area contributed by atoms with E-state index >= 15 is 0 Å². The van der Waals surface area contributed by atoms with E-state index in [9.17, 15) is 4.79 Å². The molecule has 1 saturated heterocycles. The van der Waals surface area contributed by atoms with Gasteiger partial charge in [0.25, 0.3) is 0 Å². The largest absolute Gasteiger partial charge is 0.495 e. The smallest absolute Gasteiger partial charge is 0.411 e. The van der Waals surface area contributed by atoms with Crippen LogP contribution in [0.3, 0.4) is 0 Å². The second-order valence-corrected chi connectivity index (χ2v) is 22.9. The van der Waals surface area contributed by atoms with Crippen LogP contribution in [0.25, 0.3) is 0 Å². The van der Waals surface area contributed by atoms with Gasteiger partial charge in [0.1, 0.15) is 17.5 Å². The zero-order valence-electron chi connectivity index (χ0n) is 42.8. The number of aryl methyl sites for hydroxylation is 4. The Morgan fingerprint density at radius 3 is 1.44 bits per heavy atom. The minimum Gasteiger partial charge on any atom is -0.411 e. The second-order valence-electron chi connectivity index (χ2n) is 20.4. The molecule has 2 spiro atoms. The van der Waals surface area contributed by atoms with Crippen molar-refractivity contribution in [2.75, 3.05) is 0 Å². The van der Waals surface area contributed by atoms with Crippen molar-refractivity contribution >= 4 is 84.3 Å². The minimum absolute atomic E-state index is 0.0344.